The monoisotopic (exact) mass is 366 g/mol. The maximum atomic E-state index is 13.8. The van der Waals surface area contributed by atoms with Crippen molar-refractivity contribution in [3.8, 4) is 11.3 Å². The zero-order chi connectivity index (χ0) is 18.8. The number of carbonyl (C=O) groups is 1. The molecule has 0 saturated heterocycles. The van der Waals surface area contributed by atoms with Crippen LogP contribution in [0.2, 0.25) is 0 Å². The predicted molar refractivity (Wildman–Crippen MR) is 102 cm³/mol. The van der Waals surface area contributed by atoms with Crippen LogP contribution in [0.5, 0.6) is 0 Å². The van der Waals surface area contributed by atoms with Crippen LogP contribution in [-0.2, 0) is 11.2 Å². The van der Waals surface area contributed by atoms with E-state index in [9.17, 15) is 13.6 Å². The molecule has 2 N–H and O–H groups in total. The molecule has 138 valence electrons. The summed E-state index contributed by atoms with van der Waals surface area (Å²) in [5.41, 5.74) is 3.27. The van der Waals surface area contributed by atoms with Gasteiger partial charge in [0.05, 0.1) is 0 Å². The van der Waals surface area contributed by atoms with Crippen molar-refractivity contribution in [2.24, 2.45) is 0 Å². The number of rotatable bonds is 5. The molecular weight excluding hydrogens is 346 g/mol. The molecule has 3 nitrogen and oxygen atoms in total. The number of H-pyrrole nitrogens is 1. The number of benzene rings is 2. The van der Waals surface area contributed by atoms with Crippen LogP contribution in [0.3, 0.4) is 0 Å². The minimum absolute atomic E-state index is 0.0256. The van der Waals surface area contributed by atoms with E-state index in [1.54, 1.807) is 18.2 Å². The van der Waals surface area contributed by atoms with Gasteiger partial charge in [0.25, 0.3) is 0 Å². The van der Waals surface area contributed by atoms with Crippen molar-refractivity contribution in [3.63, 3.8) is 0 Å². The second-order valence-corrected chi connectivity index (χ2v) is 6.85. The molecule has 1 aromatic heterocycles. The molecule has 0 spiro atoms. The molecule has 1 unspecified atom stereocenters. The number of amides is 1. The summed E-state index contributed by atoms with van der Waals surface area (Å²) in [4.78, 5) is 15.6. The molecule has 4 rings (SSSR count). The highest BCUT2D eigenvalue weighted by Gasteiger charge is 2.17. The molecule has 0 aliphatic heterocycles. The molecule has 1 heterocycles. The third kappa shape index (κ3) is 3.77. The quantitative estimate of drug-likeness (QED) is 0.621. The third-order valence-corrected chi connectivity index (χ3v) is 4.96. The normalized spacial score (nSPS) is 16.1. The molecule has 1 amide bonds. The Bertz CT molecular complexity index is 1010. The first-order valence-corrected chi connectivity index (χ1v) is 9.12. The second-order valence-electron chi connectivity index (χ2n) is 6.85. The number of aromatic amines is 1. The molecular formula is C22H20F2N2O. The Morgan fingerprint density at radius 3 is 2.63 bits per heavy atom. The fourth-order valence-corrected chi connectivity index (χ4v) is 3.61. The number of nitrogens with one attached hydrogen (secondary N) is 2. The van der Waals surface area contributed by atoms with Gasteiger partial charge in [-0.2, -0.15) is 0 Å². The van der Waals surface area contributed by atoms with Gasteiger partial charge in [-0.05, 0) is 72.9 Å². The van der Waals surface area contributed by atoms with Crippen LogP contribution in [0.25, 0.3) is 22.2 Å². The van der Waals surface area contributed by atoms with E-state index < -0.39 is 0 Å². The minimum Gasteiger partial charge on any atom is -0.354 e. The van der Waals surface area contributed by atoms with Crippen LogP contribution in [0.4, 0.5) is 8.78 Å². The molecule has 0 bridgehead atoms. The molecule has 5 heteroatoms. The van der Waals surface area contributed by atoms with Gasteiger partial charge in [-0.15, -0.1) is 0 Å². The minimum atomic E-state index is -0.325. The maximum absolute atomic E-state index is 13.8. The maximum Gasteiger partial charge on any atom is 0.220 e. The number of aryl methyl sites for hydroxylation is 1. The molecule has 0 fully saturated rings. The third-order valence-electron chi connectivity index (χ3n) is 4.96. The number of fused-ring (bicyclic) bond motifs is 1. The van der Waals surface area contributed by atoms with Crippen molar-refractivity contribution >= 4 is 16.8 Å². The van der Waals surface area contributed by atoms with Gasteiger partial charge in [0, 0.05) is 29.1 Å². The Balaban J connectivity index is 1.63. The van der Waals surface area contributed by atoms with E-state index >= 15 is 0 Å². The van der Waals surface area contributed by atoms with Crippen molar-refractivity contribution in [1.29, 1.82) is 0 Å². The fraction of sp³-hybridized carbons (Fsp3) is 0.227. The van der Waals surface area contributed by atoms with Crippen molar-refractivity contribution in [1.82, 2.24) is 10.3 Å². The number of hydrogen-bond acceptors (Lipinski definition) is 1. The van der Waals surface area contributed by atoms with Crippen LogP contribution >= 0.6 is 0 Å². The molecule has 0 radical (unpaired) electrons. The number of halogens is 2. The summed E-state index contributed by atoms with van der Waals surface area (Å²) in [6.45, 7) is 0. The summed E-state index contributed by atoms with van der Waals surface area (Å²) in [6.07, 6.45) is 6.79. The van der Waals surface area contributed by atoms with E-state index in [1.165, 1.54) is 24.3 Å². The Hall–Kier alpha value is -2.95. The van der Waals surface area contributed by atoms with E-state index in [0.29, 0.717) is 12.8 Å². The Morgan fingerprint density at radius 2 is 1.89 bits per heavy atom. The number of hydrogen-bond donors (Lipinski definition) is 2. The van der Waals surface area contributed by atoms with Crippen molar-refractivity contribution in [3.05, 3.63) is 71.8 Å². The molecule has 1 aliphatic carbocycles. The van der Waals surface area contributed by atoms with E-state index in [1.807, 2.05) is 6.08 Å². The zero-order valence-electron chi connectivity index (χ0n) is 14.8. The summed E-state index contributed by atoms with van der Waals surface area (Å²) in [5, 5.41) is 3.76. The van der Waals surface area contributed by atoms with E-state index in [4.69, 9.17) is 0 Å². The highest BCUT2D eigenvalue weighted by atomic mass is 19.1. The van der Waals surface area contributed by atoms with E-state index in [2.05, 4.69) is 16.4 Å². The van der Waals surface area contributed by atoms with Gasteiger partial charge in [0.2, 0.25) is 5.91 Å². The summed E-state index contributed by atoms with van der Waals surface area (Å²) >= 11 is 0. The van der Waals surface area contributed by atoms with Crippen molar-refractivity contribution < 1.29 is 13.6 Å². The standard InChI is InChI=1S/C22H20F2N2O/c23-15-7-5-14(6-8-15)22-18(19-13-16(24)9-11-20(19)26-22)10-12-21(27)25-17-3-1-2-4-17/h1,3,5-9,11,13,17,26H,2,4,10,12H2,(H,25,27). The average molecular weight is 366 g/mol. The first kappa shape index (κ1) is 17.5. The average Bonchev–Trinajstić information content (AvgIpc) is 3.28. The van der Waals surface area contributed by atoms with Gasteiger partial charge >= 0.3 is 0 Å². The molecule has 3 aromatic rings. The fourth-order valence-electron chi connectivity index (χ4n) is 3.61. The highest BCUT2D eigenvalue weighted by molar-refractivity contribution is 5.91. The van der Waals surface area contributed by atoms with Gasteiger partial charge < -0.3 is 10.3 Å². The Morgan fingerprint density at radius 1 is 1.11 bits per heavy atom. The summed E-state index contributed by atoms with van der Waals surface area (Å²) in [6, 6.07) is 10.8. The smallest absolute Gasteiger partial charge is 0.220 e. The predicted octanol–water partition coefficient (Wildman–Crippen LogP) is 4.88. The SMILES string of the molecule is O=C(CCc1c(-c2ccc(F)cc2)[nH]c2ccc(F)cc12)NC1C=CCC1. The Kier molecular flexibility index (Phi) is 4.75. The second kappa shape index (κ2) is 7.35. The van der Waals surface area contributed by atoms with Gasteiger partial charge in [0.15, 0.2) is 0 Å². The van der Waals surface area contributed by atoms with Gasteiger partial charge in [-0.1, -0.05) is 12.2 Å². The molecule has 27 heavy (non-hydrogen) atoms. The van der Waals surface area contributed by atoms with Crippen LogP contribution in [0, 0.1) is 11.6 Å². The van der Waals surface area contributed by atoms with E-state index in [-0.39, 0.29) is 23.6 Å². The van der Waals surface area contributed by atoms with Crippen LogP contribution in [-0.4, -0.2) is 16.9 Å². The van der Waals surface area contributed by atoms with Gasteiger partial charge in [-0.25, -0.2) is 8.78 Å². The van der Waals surface area contributed by atoms with Crippen molar-refractivity contribution in [2.45, 2.75) is 31.7 Å². The zero-order valence-corrected chi connectivity index (χ0v) is 14.8. The molecule has 1 aliphatic rings. The van der Waals surface area contributed by atoms with Gasteiger partial charge in [-0.3, -0.25) is 4.79 Å². The highest BCUT2D eigenvalue weighted by Crippen LogP contribution is 2.32. The van der Waals surface area contributed by atoms with E-state index in [0.717, 1.165) is 40.6 Å². The van der Waals surface area contributed by atoms with Crippen LogP contribution in [0.15, 0.2) is 54.6 Å². The lowest BCUT2D eigenvalue weighted by Gasteiger charge is -2.11. The molecule has 1 atom stereocenters. The first-order chi connectivity index (χ1) is 13.1. The number of carbonyl (C=O) groups excluding carboxylic acids is 1. The Labute approximate surface area is 156 Å². The van der Waals surface area contributed by atoms with Crippen molar-refractivity contribution in [2.75, 3.05) is 0 Å². The lowest BCUT2D eigenvalue weighted by Crippen LogP contribution is -2.32. The summed E-state index contributed by atoms with van der Waals surface area (Å²) in [5.74, 6) is -0.664. The number of aromatic nitrogens is 1. The largest absolute Gasteiger partial charge is 0.354 e. The number of allylic oxidation sites excluding steroid dienone is 1. The topological polar surface area (TPSA) is 44.9 Å². The summed E-state index contributed by atoms with van der Waals surface area (Å²) < 4.78 is 27.1. The lowest BCUT2D eigenvalue weighted by molar-refractivity contribution is -0.121. The van der Waals surface area contributed by atoms with Crippen LogP contribution < -0.4 is 5.32 Å². The molecule has 0 saturated carbocycles. The first-order valence-electron chi connectivity index (χ1n) is 9.12. The lowest BCUT2D eigenvalue weighted by atomic mass is 10.0. The van der Waals surface area contributed by atoms with Crippen LogP contribution in [0.1, 0.15) is 24.8 Å². The summed E-state index contributed by atoms with van der Waals surface area (Å²) in [7, 11) is 0. The molecule has 2 aromatic carbocycles. The van der Waals surface area contributed by atoms with Gasteiger partial charge in [0.1, 0.15) is 11.6 Å².